The highest BCUT2D eigenvalue weighted by Crippen LogP contribution is 2.29. The smallest absolute Gasteiger partial charge is 0.158 e. The molecule has 0 bridgehead atoms. The van der Waals surface area contributed by atoms with Gasteiger partial charge in [0.25, 0.3) is 0 Å². The zero-order chi connectivity index (χ0) is 14.5. The summed E-state index contributed by atoms with van der Waals surface area (Å²) in [5.41, 5.74) is 5.89. The van der Waals surface area contributed by atoms with Gasteiger partial charge in [-0.1, -0.05) is 6.92 Å². The number of ether oxygens (including phenoxy) is 1. The van der Waals surface area contributed by atoms with E-state index >= 15 is 0 Å². The summed E-state index contributed by atoms with van der Waals surface area (Å²) in [6.07, 6.45) is 5.04. The lowest BCUT2D eigenvalue weighted by Crippen LogP contribution is -2.35. The van der Waals surface area contributed by atoms with E-state index in [-0.39, 0.29) is 0 Å². The predicted octanol–water partition coefficient (Wildman–Crippen LogP) is 2.61. The summed E-state index contributed by atoms with van der Waals surface area (Å²) in [5, 5.41) is 0. The van der Waals surface area contributed by atoms with E-state index in [1.165, 1.54) is 25.7 Å². The van der Waals surface area contributed by atoms with Gasteiger partial charge in [-0.05, 0) is 38.5 Å². The maximum absolute atomic E-state index is 5.89. The molecule has 0 radical (unpaired) electrons. The van der Waals surface area contributed by atoms with Gasteiger partial charge in [0, 0.05) is 25.8 Å². The molecule has 0 amide bonds. The Balaban J connectivity index is 2.08. The van der Waals surface area contributed by atoms with Crippen LogP contribution in [0.3, 0.4) is 0 Å². The fourth-order valence-corrected chi connectivity index (χ4v) is 2.76. The average molecular weight is 278 g/mol. The Morgan fingerprint density at radius 3 is 2.65 bits per heavy atom. The van der Waals surface area contributed by atoms with E-state index in [1.54, 1.807) is 0 Å². The van der Waals surface area contributed by atoms with Gasteiger partial charge in [-0.15, -0.1) is 0 Å². The standard InChI is InChI=1S/C15H26N4O/c1-4-20-10-14-17-13(16)9-15(18-14)19(3)12-7-5-11(2)6-8-12/h9,11-12H,4-8,10H2,1-3H3,(H2,16,17,18). The number of aromatic nitrogens is 2. The number of nitrogens with two attached hydrogens (primary N) is 1. The monoisotopic (exact) mass is 278 g/mol. The Morgan fingerprint density at radius 1 is 1.30 bits per heavy atom. The van der Waals surface area contributed by atoms with Crippen LogP contribution in [0.15, 0.2) is 6.07 Å². The van der Waals surface area contributed by atoms with Crippen LogP contribution in [0.25, 0.3) is 0 Å². The van der Waals surface area contributed by atoms with Crippen LogP contribution in [0.2, 0.25) is 0 Å². The molecule has 1 saturated carbocycles. The molecule has 0 atom stereocenters. The van der Waals surface area contributed by atoms with E-state index in [2.05, 4.69) is 28.8 Å². The highest BCUT2D eigenvalue weighted by molar-refractivity contribution is 5.47. The Hall–Kier alpha value is -1.36. The minimum Gasteiger partial charge on any atom is -0.384 e. The fourth-order valence-electron chi connectivity index (χ4n) is 2.76. The van der Waals surface area contributed by atoms with Gasteiger partial charge in [-0.25, -0.2) is 9.97 Å². The highest BCUT2D eigenvalue weighted by Gasteiger charge is 2.23. The predicted molar refractivity (Wildman–Crippen MR) is 81.6 cm³/mol. The molecule has 2 rings (SSSR count). The Kier molecular flexibility index (Phi) is 5.17. The van der Waals surface area contributed by atoms with E-state index in [4.69, 9.17) is 10.5 Å². The lowest BCUT2D eigenvalue weighted by Gasteiger charge is -2.34. The van der Waals surface area contributed by atoms with Crippen molar-refractivity contribution in [2.45, 2.75) is 52.2 Å². The molecule has 0 aromatic carbocycles. The van der Waals surface area contributed by atoms with Crippen LogP contribution in [0, 0.1) is 5.92 Å². The van der Waals surface area contributed by atoms with E-state index in [1.807, 2.05) is 13.0 Å². The van der Waals surface area contributed by atoms with Crippen molar-refractivity contribution < 1.29 is 4.74 Å². The van der Waals surface area contributed by atoms with Crippen molar-refractivity contribution in [2.24, 2.45) is 5.92 Å². The Bertz CT molecular complexity index is 430. The molecule has 112 valence electrons. The largest absolute Gasteiger partial charge is 0.384 e. The molecule has 2 N–H and O–H groups in total. The molecule has 0 unspecified atom stereocenters. The van der Waals surface area contributed by atoms with Crippen LogP contribution in [-0.4, -0.2) is 29.7 Å². The van der Waals surface area contributed by atoms with Gasteiger partial charge in [0.05, 0.1) is 0 Å². The molecule has 1 heterocycles. The molecule has 5 nitrogen and oxygen atoms in total. The molecule has 1 aromatic heterocycles. The van der Waals surface area contributed by atoms with E-state index in [0.717, 1.165) is 11.7 Å². The molecule has 1 aliphatic carbocycles. The third-order valence-corrected chi connectivity index (χ3v) is 4.11. The van der Waals surface area contributed by atoms with Crippen molar-refractivity contribution in [3.63, 3.8) is 0 Å². The molecule has 0 spiro atoms. The molecule has 5 heteroatoms. The number of nitrogens with zero attached hydrogens (tertiary/aromatic N) is 3. The maximum atomic E-state index is 5.89. The van der Waals surface area contributed by atoms with Gasteiger partial charge >= 0.3 is 0 Å². The molecule has 0 saturated heterocycles. The van der Waals surface area contributed by atoms with E-state index < -0.39 is 0 Å². The summed E-state index contributed by atoms with van der Waals surface area (Å²) in [7, 11) is 2.10. The number of nitrogen functional groups attached to an aromatic ring is 1. The maximum Gasteiger partial charge on any atom is 0.158 e. The fraction of sp³-hybridized carbons (Fsp3) is 0.733. The second-order valence-electron chi connectivity index (χ2n) is 5.73. The van der Waals surface area contributed by atoms with Crippen molar-refractivity contribution in [3.8, 4) is 0 Å². The first-order valence-corrected chi connectivity index (χ1v) is 7.54. The van der Waals surface area contributed by atoms with Crippen LogP contribution >= 0.6 is 0 Å². The molecular weight excluding hydrogens is 252 g/mol. The zero-order valence-corrected chi connectivity index (χ0v) is 12.8. The normalized spacial score (nSPS) is 22.8. The number of rotatable bonds is 5. The lowest BCUT2D eigenvalue weighted by molar-refractivity contribution is 0.128. The SMILES string of the molecule is CCOCc1nc(N)cc(N(C)C2CCC(C)CC2)n1. The van der Waals surface area contributed by atoms with Crippen molar-refractivity contribution in [2.75, 3.05) is 24.3 Å². The van der Waals surface area contributed by atoms with Crippen molar-refractivity contribution in [1.82, 2.24) is 9.97 Å². The second kappa shape index (κ2) is 6.88. The summed E-state index contributed by atoms with van der Waals surface area (Å²) in [6.45, 7) is 5.37. The van der Waals surface area contributed by atoms with Crippen LogP contribution in [-0.2, 0) is 11.3 Å². The molecule has 20 heavy (non-hydrogen) atoms. The summed E-state index contributed by atoms with van der Waals surface area (Å²) in [5.74, 6) is 2.94. The van der Waals surface area contributed by atoms with Crippen molar-refractivity contribution in [1.29, 1.82) is 0 Å². The van der Waals surface area contributed by atoms with Gasteiger partial charge in [0.1, 0.15) is 18.2 Å². The average Bonchev–Trinajstić information content (AvgIpc) is 2.44. The van der Waals surface area contributed by atoms with E-state index in [0.29, 0.717) is 30.9 Å². The van der Waals surface area contributed by atoms with Gasteiger partial charge in [-0.2, -0.15) is 0 Å². The first-order chi connectivity index (χ1) is 9.60. The molecule has 1 aromatic rings. The van der Waals surface area contributed by atoms with Gasteiger partial charge in [0.2, 0.25) is 0 Å². The summed E-state index contributed by atoms with van der Waals surface area (Å²) in [4.78, 5) is 11.1. The number of hydrogen-bond donors (Lipinski definition) is 1. The minimum atomic E-state index is 0.421. The topological polar surface area (TPSA) is 64.3 Å². The third kappa shape index (κ3) is 3.82. The van der Waals surface area contributed by atoms with Crippen LogP contribution < -0.4 is 10.6 Å². The molecule has 0 aliphatic heterocycles. The van der Waals surface area contributed by atoms with E-state index in [9.17, 15) is 0 Å². The van der Waals surface area contributed by atoms with Crippen LogP contribution in [0.1, 0.15) is 45.4 Å². The quantitative estimate of drug-likeness (QED) is 0.897. The van der Waals surface area contributed by atoms with Crippen LogP contribution in [0.5, 0.6) is 0 Å². The van der Waals surface area contributed by atoms with Crippen LogP contribution in [0.4, 0.5) is 11.6 Å². The van der Waals surface area contributed by atoms with Gasteiger partial charge < -0.3 is 15.4 Å². The van der Waals surface area contributed by atoms with Crippen molar-refractivity contribution in [3.05, 3.63) is 11.9 Å². The summed E-state index contributed by atoms with van der Waals surface area (Å²) in [6, 6.07) is 2.41. The second-order valence-corrected chi connectivity index (χ2v) is 5.73. The first kappa shape index (κ1) is 15.0. The van der Waals surface area contributed by atoms with Gasteiger partial charge in [-0.3, -0.25) is 0 Å². The third-order valence-electron chi connectivity index (χ3n) is 4.11. The lowest BCUT2D eigenvalue weighted by atomic mass is 9.87. The molecular formula is C15H26N4O. The number of anilines is 2. The molecule has 1 fully saturated rings. The minimum absolute atomic E-state index is 0.421. The van der Waals surface area contributed by atoms with Gasteiger partial charge in [0.15, 0.2) is 5.82 Å². The van der Waals surface area contributed by atoms with Crippen molar-refractivity contribution >= 4 is 11.6 Å². The summed E-state index contributed by atoms with van der Waals surface area (Å²) < 4.78 is 5.37. The number of hydrogen-bond acceptors (Lipinski definition) is 5. The summed E-state index contributed by atoms with van der Waals surface area (Å²) >= 11 is 0. The Labute approximate surface area is 121 Å². The Morgan fingerprint density at radius 2 is 2.00 bits per heavy atom. The highest BCUT2D eigenvalue weighted by atomic mass is 16.5. The zero-order valence-electron chi connectivity index (χ0n) is 12.8. The molecule has 1 aliphatic rings. The first-order valence-electron chi connectivity index (χ1n) is 7.54.